The highest BCUT2D eigenvalue weighted by Crippen LogP contribution is 2.36. The zero-order chi connectivity index (χ0) is 18.0. The second kappa shape index (κ2) is 6.76. The highest BCUT2D eigenvalue weighted by atomic mass is 32.2. The lowest BCUT2D eigenvalue weighted by Crippen LogP contribution is -2.26. The molecule has 0 aliphatic heterocycles. The van der Waals surface area contributed by atoms with Gasteiger partial charge >= 0.3 is 0 Å². The predicted molar refractivity (Wildman–Crippen MR) is 88.7 cm³/mol. The number of halogens is 1. The van der Waals surface area contributed by atoms with Crippen molar-refractivity contribution >= 4 is 21.4 Å². The van der Waals surface area contributed by atoms with Crippen LogP contribution in [0, 0.1) is 10.6 Å². The third-order valence-corrected chi connectivity index (χ3v) is 4.75. The van der Waals surface area contributed by atoms with Gasteiger partial charge in [0.1, 0.15) is 5.82 Å². The number of nitrogens with zero attached hydrogens (tertiary/aromatic N) is 3. The van der Waals surface area contributed by atoms with E-state index in [1.54, 1.807) is 6.07 Å². The summed E-state index contributed by atoms with van der Waals surface area (Å²) in [6.07, 6.45) is 1.96. The molecule has 0 spiro atoms. The first-order valence-corrected chi connectivity index (χ1v) is 9.55. The van der Waals surface area contributed by atoms with Gasteiger partial charge in [-0.3, -0.25) is 24.7 Å². The van der Waals surface area contributed by atoms with Crippen LogP contribution in [0.25, 0.3) is 0 Å². The summed E-state index contributed by atoms with van der Waals surface area (Å²) in [5.74, 6) is -0.0103. The van der Waals surface area contributed by atoms with Crippen molar-refractivity contribution in [2.75, 3.05) is 23.9 Å². The maximum absolute atomic E-state index is 13.3. The number of nitrogens with one attached hydrogen (secondary N) is 3. The van der Waals surface area contributed by atoms with Crippen molar-refractivity contribution in [1.82, 2.24) is 15.8 Å². The van der Waals surface area contributed by atoms with E-state index in [1.165, 1.54) is 18.4 Å². The van der Waals surface area contributed by atoms with Crippen LogP contribution < -0.4 is 10.8 Å². The molecule has 0 fully saturated rings. The molecule has 1 aliphatic rings. The van der Waals surface area contributed by atoms with Crippen molar-refractivity contribution in [3.05, 3.63) is 40.8 Å². The average Bonchev–Trinajstić information content (AvgIpc) is 2.98. The van der Waals surface area contributed by atoms with Crippen LogP contribution in [0.2, 0.25) is 0 Å². The van der Waals surface area contributed by atoms with Crippen molar-refractivity contribution in [2.24, 2.45) is 4.99 Å². The number of hydrogen-bond donors (Lipinski definition) is 4. The average molecular weight is 368 g/mol. The van der Waals surface area contributed by atoms with Crippen LogP contribution in [0.3, 0.4) is 0 Å². The minimum Gasteiger partial charge on any atom is -0.364 e. The summed E-state index contributed by atoms with van der Waals surface area (Å²) in [5.41, 5.74) is 3.84. The molecule has 1 unspecified atom stereocenters. The van der Waals surface area contributed by atoms with E-state index in [0.29, 0.717) is 6.42 Å². The van der Waals surface area contributed by atoms with E-state index in [9.17, 15) is 13.8 Å². The maximum Gasteiger partial charge on any atom is 0.202 e. The molecule has 0 saturated heterocycles. The smallest absolute Gasteiger partial charge is 0.202 e. The van der Waals surface area contributed by atoms with Crippen molar-refractivity contribution in [3.63, 3.8) is 0 Å². The Bertz CT molecular complexity index is 911. The van der Waals surface area contributed by atoms with Gasteiger partial charge in [0.25, 0.3) is 0 Å². The van der Waals surface area contributed by atoms with E-state index in [1.807, 2.05) is 5.48 Å². The molecule has 0 radical (unpaired) electrons. The quantitative estimate of drug-likeness (QED) is 0.343. The molecule has 0 bridgehead atoms. The number of fused-ring (bicyclic) bond motifs is 1. The van der Waals surface area contributed by atoms with Crippen molar-refractivity contribution in [1.29, 1.82) is 4.78 Å². The Kier molecular flexibility index (Phi) is 4.68. The van der Waals surface area contributed by atoms with Gasteiger partial charge in [0, 0.05) is 28.3 Å². The van der Waals surface area contributed by atoms with Gasteiger partial charge in [0.15, 0.2) is 11.5 Å². The second-order valence-corrected chi connectivity index (χ2v) is 8.17. The van der Waals surface area contributed by atoms with Gasteiger partial charge in [-0.25, -0.2) is 9.02 Å². The monoisotopic (exact) mass is 368 g/mol. The molecule has 0 saturated carbocycles. The summed E-state index contributed by atoms with van der Waals surface area (Å²) in [5, 5.41) is 19.6. The van der Waals surface area contributed by atoms with E-state index in [-0.39, 0.29) is 41.5 Å². The highest BCUT2D eigenvalue weighted by molar-refractivity contribution is 7.91. The number of amidine groups is 1. The summed E-state index contributed by atoms with van der Waals surface area (Å²) in [7, 11) is -2.64. The number of hydrogen-bond acceptors (Lipinski definition) is 8. The van der Waals surface area contributed by atoms with E-state index in [4.69, 9.17) is 4.78 Å². The fourth-order valence-electron chi connectivity index (χ4n) is 2.49. The summed E-state index contributed by atoms with van der Waals surface area (Å²) >= 11 is 0. The first-order chi connectivity index (χ1) is 11.9. The molecular formula is C14H17FN6O3S. The van der Waals surface area contributed by atoms with Crippen LogP contribution in [0.4, 0.5) is 10.2 Å². The van der Waals surface area contributed by atoms with Crippen LogP contribution in [0.1, 0.15) is 22.9 Å². The number of anilines is 1. The normalized spacial score (nSPS) is 18.8. The molecule has 1 aromatic heterocycles. The Morgan fingerprint density at radius 1 is 1.56 bits per heavy atom. The molecule has 134 valence electrons. The van der Waals surface area contributed by atoms with Crippen LogP contribution in [0.5, 0.6) is 0 Å². The third-order valence-electron chi connectivity index (χ3n) is 3.77. The summed E-state index contributed by atoms with van der Waals surface area (Å²) in [4.78, 5) is 4.34. The van der Waals surface area contributed by atoms with Gasteiger partial charge < -0.3 is 5.32 Å². The number of benzene rings is 1. The minimum absolute atomic E-state index is 0.0202. The Hall–Kier alpha value is -2.53. The standard InChI is InChI=1S/C14H17FN6O3S/c1-25(16,23)5-4-17-13-12(20-24-21-13)14(19-22)18-11-6-8-2-3-9(15)7-10(8)11/h2-3,7,11,16,22H,4-6H2,1H3,(H,17,21)(H,18,19)/t11-,25?/m0/s1. The summed E-state index contributed by atoms with van der Waals surface area (Å²) in [6.45, 7) is 0.218. The SMILES string of the molecule is CS(=N)(=O)CCNc1nonc1C(=N[C@H]1Cc2ccc(F)cc21)NO. The maximum atomic E-state index is 13.3. The molecule has 3 rings (SSSR count). The summed E-state index contributed by atoms with van der Waals surface area (Å²) in [6, 6.07) is 4.20. The van der Waals surface area contributed by atoms with Gasteiger partial charge in [-0.1, -0.05) is 6.07 Å². The zero-order valence-corrected chi connectivity index (χ0v) is 14.1. The first-order valence-electron chi connectivity index (χ1n) is 7.42. The predicted octanol–water partition coefficient (Wildman–Crippen LogP) is 1.32. The van der Waals surface area contributed by atoms with Gasteiger partial charge in [-0.2, -0.15) is 0 Å². The molecule has 1 aliphatic carbocycles. The first kappa shape index (κ1) is 17.3. The van der Waals surface area contributed by atoms with E-state index < -0.39 is 9.73 Å². The van der Waals surface area contributed by atoms with E-state index >= 15 is 0 Å². The van der Waals surface area contributed by atoms with Crippen LogP contribution in [0.15, 0.2) is 27.8 Å². The summed E-state index contributed by atoms with van der Waals surface area (Å²) < 4.78 is 36.8. The molecule has 2 atom stereocenters. The molecule has 1 heterocycles. The largest absolute Gasteiger partial charge is 0.364 e. The Morgan fingerprint density at radius 3 is 3.08 bits per heavy atom. The highest BCUT2D eigenvalue weighted by Gasteiger charge is 2.28. The molecule has 0 amide bonds. The topological polar surface area (TPSA) is 136 Å². The van der Waals surface area contributed by atoms with Gasteiger partial charge in [0.2, 0.25) is 5.82 Å². The van der Waals surface area contributed by atoms with Crippen molar-refractivity contribution in [2.45, 2.75) is 12.5 Å². The lowest BCUT2D eigenvalue weighted by Gasteiger charge is -2.27. The lowest BCUT2D eigenvalue weighted by atomic mass is 9.83. The Labute approximate surface area is 143 Å². The molecule has 11 heteroatoms. The van der Waals surface area contributed by atoms with Crippen LogP contribution in [-0.4, -0.2) is 44.1 Å². The Morgan fingerprint density at radius 2 is 2.36 bits per heavy atom. The Balaban J connectivity index is 1.77. The number of aromatic nitrogens is 2. The molecule has 25 heavy (non-hydrogen) atoms. The van der Waals surface area contributed by atoms with Crippen LogP contribution in [-0.2, 0) is 16.1 Å². The second-order valence-electron chi connectivity index (χ2n) is 5.75. The molecule has 2 aromatic rings. The number of rotatable bonds is 6. The van der Waals surface area contributed by atoms with E-state index in [0.717, 1.165) is 11.1 Å². The lowest BCUT2D eigenvalue weighted by molar-refractivity contribution is 0.232. The van der Waals surface area contributed by atoms with Crippen molar-refractivity contribution in [3.8, 4) is 0 Å². The van der Waals surface area contributed by atoms with Gasteiger partial charge in [-0.05, 0) is 40.0 Å². The zero-order valence-electron chi connectivity index (χ0n) is 13.3. The van der Waals surface area contributed by atoms with Gasteiger partial charge in [-0.15, -0.1) is 0 Å². The minimum atomic E-state index is -2.64. The van der Waals surface area contributed by atoms with Crippen molar-refractivity contribution < 1.29 is 18.4 Å². The molecule has 9 nitrogen and oxygen atoms in total. The third kappa shape index (κ3) is 3.94. The number of hydroxylamine groups is 1. The number of aliphatic imine (C=N–C) groups is 1. The molecule has 4 N–H and O–H groups in total. The van der Waals surface area contributed by atoms with Gasteiger partial charge in [0.05, 0.1) is 6.04 Å². The molecular weight excluding hydrogens is 351 g/mol. The van der Waals surface area contributed by atoms with Crippen LogP contribution >= 0.6 is 0 Å². The fourth-order valence-corrected chi connectivity index (χ4v) is 2.98. The fraction of sp³-hybridized carbons (Fsp3) is 0.357. The van der Waals surface area contributed by atoms with E-state index in [2.05, 4.69) is 25.3 Å². The molecule has 1 aromatic carbocycles.